The molecule has 0 aromatic heterocycles. The minimum atomic E-state index is -3.24. The van der Waals surface area contributed by atoms with Gasteiger partial charge in [0.15, 0.2) is 9.84 Å². The topological polar surface area (TPSA) is 46.2 Å². The van der Waals surface area contributed by atoms with Gasteiger partial charge in [0.2, 0.25) is 0 Å². The fourth-order valence-electron chi connectivity index (χ4n) is 1.98. The molecule has 106 valence electrons. The molecule has 0 spiro atoms. The van der Waals surface area contributed by atoms with E-state index in [0.717, 1.165) is 10.0 Å². The van der Waals surface area contributed by atoms with Crippen LogP contribution in [-0.4, -0.2) is 14.7 Å². The average molecular weight is 354 g/mol. The lowest BCUT2D eigenvalue weighted by atomic mass is 10.1. The maximum Gasteiger partial charge on any atom is 0.177 e. The van der Waals surface area contributed by atoms with Crippen LogP contribution in [0.5, 0.6) is 0 Å². The van der Waals surface area contributed by atoms with Gasteiger partial charge in [-0.15, -0.1) is 0 Å². The molecule has 0 aliphatic heterocycles. The molecule has 2 aromatic carbocycles. The minimum absolute atomic E-state index is 0.0194. The van der Waals surface area contributed by atoms with Crippen molar-refractivity contribution in [3.63, 3.8) is 0 Å². The van der Waals surface area contributed by atoms with Gasteiger partial charge in [-0.25, -0.2) is 8.42 Å². The van der Waals surface area contributed by atoms with Crippen molar-refractivity contribution >= 4 is 31.5 Å². The van der Waals surface area contributed by atoms with Gasteiger partial charge in [-0.2, -0.15) is 0 Å². The molecule has 5 heteroatoms. The lowest BCUT2D eigenvalue weighted by molar-refractivity contribution is 0.602. The monoisotopic (exact) mass is 353 g/mol. The third-order valence-electron chi connectivity index (χ3n) is 3.03. The number of hydrogen-bond donors (Lipinski definition) is 1. The van der Waals surface area contributed by atoms with Gasteiger partial charge in [-0.3, -0.25) is 0 Å². The Labute approximate surface area is 128 Å². The molecule has 0 fully saturated rings. The highest BCUT2D eigenvalue weighted by Crippen LogP contribution is 2.26. The standard InChI is InChI=1S/C15H16BrNO2S/c1-11(12-7-9-13(16)10-8-12)17-14-5-3-4-6-15(14)20(2,18)19/h3-11,17H,1-2H3. The second kappa shape index (κ2) is 5.97. The second-order valence-corrected chi connectivity index (χ2v) is 7.59. The van der Waals surface area contributed by atoms with Gasteiger partial charge in [-0.1, -0.05) is 40.2 Å². The first-order chi connectivity index (χ1) is 9.38. The predicted octanol–water partition coefficient (Wildman–Crippen LogP) is 4.03. The van der Waals surface area contributed by atoms with Gasteiger partial charge in [0, 0.05) is 16.8 Å². The molecule has 1 N–H and O–H groups in total. The van der Waals surface area contributed by atoms with Crippen molar-refractivity contribution in [2.45, 2.75) is 17.9 Å². The third-order valence-corrected chi connectivity index (χ3v) is 4.71. The Bertz CT molecular complexity index is 696. The molecule has 0 saturated heterocycles. The highest BCUT2D eigenvalue weighted by Gasteiger charge is 2.14. The molecule has 1 unspecified atom stereocenters. The molecule has 0 amide bonds. The van der Waals surface area contributed by atoms with Crippen LogP contribution in [0.25, 0.3) is 0 Å². The summed E-state index contributed by atoms with van der Waals surface area (Å²) >= 11 is 3.40. The van der Waals surface area contributed by atoms with E-state index < -0.39 is 9.84 Å². The Kier molecular flexibility index (Phi) is 4.50. The van der Waals surface area contributed by atoms with Crippen LogP contribution in [0.4, 0.5) is 5.69 Å². The van der Waals surface area contributed by atoms with Crippen LogP contribution >= 0.6 is 15.9 Å². The van der Waals surface area contributed by atoms with Crippen LogP contribution in [0, 0.1) is 0 Å². The normalized spacial score (nSPS) is 12.9. The van der Waals surface area contributed by atoms with Crippen molar-refractivity contribution in [3.8, 4) is 0 Å². The summed E-state index contributed by atoms with van der Waals surface area (Å²) in [6.07, 6.45) is 1.22. The highest BCUT2D eigenvalue weighted by atomic mass is 79.9. The van der Waals surface area contributed by atoms with Gasteiger partial charge < -0.3 is 5.32 Å². The Balaban J connectivity index is 2.28. The maximum absolute atomic E-state index is 11.8. The molecule has 1 atom stereocenters. The van der Waals surface area contributed by atoms with Gasteiger partial charge >= 0.3 is 0 Å². The zero-order chi connectivity index (χ0) is 14.8. The number of benzene rings is 2. The molecule has 0 bridgehead atoms. The van der Waals surface area contributed by atoms with Crippen molar-refractivity contribution in [3.05, 3.63) is 58.6 Å². The molecule has 3 nitrogen and oxygen atoms in total. The van der Waals surface area contributed by atoms with Gasteiger partial charge in [0.25, 0.3) is 0 Å². The van der Waals surface area contributed by atoms with E-state index in [9.17, 15) is 8.42 Å². The van der Waals surface area contributed by atoms with E-state index >= 15 is 0 Å². The first kappa shape index (κ1) is 15.1. The Morgan fingerprint density at radius 1 is 1.05 bits per heavy atom. The van der Waals surface area contributed by atoms with Crippen molar-refractivity contribution in [1.82, 2.24) is 0 Å². The van der Waals surface area contributed by atoms with Crippen molar-refractivity contribution < 1.29 is 8.42 Å². The SMILES string of the molecule is CC(Nc1ccccc1S(C)(=O)=O)c1ccc(Br)cc1. The van der Waals surface area contributed by atoms with Crippen LogP contribution in [0.15, 0.2) is 57.9 Å². The number of sulfone groups is 1. The van der Waals surface area contributed by atoms with E-state index in [1.165, 1.54) is 6.26 Å². The second-order valence-electron chi connectivity index (χ2n) is 4.69. The van der Waals surface area contributed by atoms with Crippen molar-refractivity contribution in [1.29, 1.82) is 0 Å². The minimum Gasteiger partial charge on any atom is -0.377 e. The summed E-state index contributed by atoms with van der Waals surface area (Å²) in [5.74, 6) is 0. The summed E-state index contributed by atoms with van der Waals surface area (Å²) in [6.45, 7) is 2.00. The number of anilines is 1. The maximum atomic E-state index is 11.8. The zero-order valence-corrected chi connectivity index (χ0v) is 13.7. The number of nitrogens with one attached hydrogen (secondary N) is 1. The third kappa shape index (κ3) is 3.61. The fourth-order valence-corrected chi connectivity index (χ4v) is 3.09. The lowest BCUT2D eigenvalue weighted by Crippen LogP contribution is -2.10. The summed E-state index contributed by atoms with van der Waals surface area (Å²) in [5.41, 5.74) is 1.72. The van der Waals surface area contributed by atoms with E-state index in [1.54, 1.807) is 18.2 Å². The van der Waals surface area contributed by atoms with Gasteiger partial charge in [-0.05, 0) is 36.8 Å². The summed E-state index contributed by atoms with van der Waals surface area (Å²) < 4.78 is 24.6. The summed E-state index contributed by atoms with van der Waals surface area (Å²) in [4.78, 5) is 0.323. The fraction of sp³-hybridized carbons (Fsp3) is 0.200. The van der Waals surface area contributed by atoms with E-state index in [1.807, 2.05) is 37.3 Å². The van der Waals surface area contributed by atoms with Crippen LogP contribution < -0.4 is 5.32 Å². The number of hydrogen-bond acceptors (Lipinski definition) is 3. The van der Waals surface area contributed by atoms with Crippen LogP contribution in [-0.2, 0) is 9.84 Å². The molecular weight excluding hydrogens is 338 g/mol. The average Bonchev–Trinajstić information content (AvgIpc) is 2.38. The van der Waals surface area contributed by atoms with E-state index in [-0.39, 0.29) is 6.04 Å². The number of para-hydroxylation sites is 1. The Morgan fingerprint density at radius 3 is 2.25 bits per heavy atom. The molecule has 2 aromatic rings. The molecule has 0 heterocycles. The van der Waals surface area contributed by atoms with E-state index in [0.29, 0.717) is 10.6 Å². The first-order valence-corrected chi connectivity index (χ1v) is 8.87. The molecule has 20 heavy (non-hydrogen) atoms. The highest BCUT2D eigenvalue weighted by molar-refractivity contribution is 9.10. The largest absolute Gasteiger partial charge is 0.377 e. The zero-order valence-electron chi connectivity index (χ0n) is 11.3. The molecular formula is C15H16BrNO2S. The van der Waals surface area contributed by atoms with Gasteiger partial charge in [0.1, 0.15) is 0 Å². The Hall–Kier alpha value is -1.33. The van der Waals surface area contributed by atoms with Crippen molar-refractivity contribution in [2.24, 2.45) is 0 Å². The quantitative estimate of drug-likeness (QED) is 0.902. The summed E-state index contributed by atoms with van der Waals surface area (Å²) in [7, 11) is -3.24. The van der Waals surface area contributed by atoms with Crippen LogP contribution in [0.3, 0.4) is 0 Å². The van der Waals surface area contributed by atoms with E-state index in [4.69, 9.17) is 0 Å². The van der Waals surface area contributed by atoms with Crippen LogP contribution in [0.2, 0.25) is 0 Å². The van der Waals surface area contributed by atoms with Crippen molar-refractivity contribution in [2.75, 3.05) is 11.6 Å². The lowest BCUT2D eigenvalue weighted by Gasteiger charge is -2.18. The first-order valence-electron chi connectivity index (χ1n) is 6.19. The molecule has 0 aliphatic carbocycles. The molecule has 0 saturated carbocycles. The molecule has 2 rings (SSSR count). The summed E-state index contributed by atoms with van der Waals surface area (Å²) in [6, 6.07) is 14.9. The molecule has 0 radical (unpaired) electrons. The summed E-state index contributed by atoms with van der Waals surface area (Å²) in [5, 5.41) is 3.26. The van der Waals surface area contributed by atoms with Crippen LogP contribution in [0.1, 0.15) is 18.5 Å². The number of rotatable bonds is 4. The van der Waals surface area contributed by atoms with Gasteiger partial charge in [0.05, 0.1) is 10.6 Å². The predicted molar refractivity (Wildman–Crippen MR) is 85.7 cm³/mol. The molecule has 0 aliphatic rings. The van der Waals surface area contributed by atoms with E-state index in [2.05, 4.69) is 21.2 Å². The smallest absolute Gasteiger partial charge is 0.177 e. The number of halogens is 1. The Morgan fingerprint density at radius 2 is 1.65 bits per heavy atom.